The van der Waals surface area contributed by atoms with Crippen LogP contribution < -0.4 is 0 Å². The fraction of sp³-hybridized carbons (Fsp3) is 1.00. The summed E-state index contributed by atoms with van der Waals surface area (Å²) < 4.78 is 24.0. The van der Waals surface area contributed by atoms with Gasteiger partial charge >= 0.3 is 7.60 Å². The molecule has 1 aliphatic heterocycles. The highest BCUT2D eigenvalue weighted by molar-refractivity contribution is 7.55. The minimum absolute atomic E-state index is 0.232. The van der Waals surface area contributed by atoms with E-state index in [2.05, 4.69) is 0 Å². The number of nitrogens with zero attached hydrogens (tertiary/aromatic N) is 1. The molecule has 22 heavy (non-hydrogen) atoms. The van der Waals surface area contributed by atoms with Crippen molar-refractivity contribution in [3.63, 3.8) is 0 Å². The van der Waals surface area contributed by atoms with Gasteiger partial charge in [0.2, 0.25) is 0 Å². The summed E-state index contributed by atoms with van der Waals surface area (Å²) in [5.74, 6) is 0. The molecule has 0 saturated carbocycles. The molecule has 0 aliphatic carbocycles. The predicted molar refractivity (Wildman–Crippen MR) is 86.7 cm³/mol. The van der Waals surface area contributed by atoms with Gasteiger partial charge in [-0.05, 0) is 48.5 Å². The SMILES string of the molecule is CCON1C(C)(C)CC(O)(P(=O)(OCC)OCC)CC1(C)C. The highest BCUT2D eigenvalue weighted by Gasteiger charge is 2.61. The summed E-state index contributed by atoms with van der Waals surface area (Å²) in [6, 6.07) is 0. The van der Waals surface area contributed by atoms with Gasteiger partial charge in [0, 0.05) is 23.9 Å². The fourth-order valence-corrected chi connectivity index (χ4v) is 6.10. The smallest absolute Gasteiger partial charge is 0.362 e. The van der Waals surface area contributed by atoms with Crippen molar-refractivity contribution < 1.29 is 23.6 Å². The Balaban J connectivity index is 3.24. The van der Waals surface area contributed by atoms with Gasteiger partial charge < -0.3 is 14.2 Å². The van der Waals surface area contributed by atoms with Crippen molar-refractivity contribution in [2.45, 2.75) is 77.7 Å². The van der Waals surface area contributed by atoms with Crippen molar-refractivity contribution in [3.05, 3.63) is 0 Å². The van der Waals surface area contributed by atoms with Gasteiger partial charge in [0.1, 0.15) is 0 Å². The van der Waals surface area contributed by atoms with E-state index in [-0.39, 0.29) is 26.1 Å². The van der Waals surface area contributed by atoms with Crippen molar-refractivity contribution >= 4 is 7.60 Å². The molecule has 1 heterocycles. The van der Waals surface area contributed by atoms with Gasteiger partial charge in [-0.15, -0.1) is 0 Å². The Morgan fingerprint density at radius 1 is 0.955 bits per heavy atom. The van der Waals surface area contributed by atoms with Gasteiger partial charge in [-0.25, -0.2) is 0 Å². The second-order valence-electron chi connectivity index (χ2n) is 7.01. The number of hydrogen-bond donors (Lipinski definition) is 1. The molecule has 0 amide bonds. The van der Waals surface area contributed by atoms with Crippen molar-refractivity contribution in [1.82, 2.24) is 5.06 Å². The molecule has 1 N–H and O–H groups in total. The summed E-state index contributed by atoms with van der Waals surface area (Å²) >= 11 is 0. The largest absolute Gasteiger partial charge is 0.377 e. The number of hydroxylamine groups is 2. The van der Waals surface area contributed by atoms with Crippen LogP contribution in [0.2, 0.25) is 0 Å². The average Bonchev–Trinajstić information content (AvgIpc) is 2.33. The van der Waals surface area contributed by atoms with E-state index < -0.39 is 24.0 Å². The maximum absolute atomic E-state index is 13.2. The summed E-state index contributed by atoms with van der Waals surface area (Å²) in [7, 11) is -3.64. The van der Waals surface area contributed by atoms with Crippen molar-refractivity contribution in [3.8, 4) is 0 Å². The summed E-state index contributed by atoms with van der Waals surface area (Å²) in [6.45, 7) is 14.3. The molecule has 0 aromatic heterocycles. The molecule has 132 valence electrons. The molecular weight excluding hydrogens is 305 g/mol. The first kappa shape index (κ1) is 20.1. The zero-order valence-electron chi connectivity index (χ0n) is 15.0. The molecule has 0 spiro atoms. The van der Waals surface area contributed by atoms with E-state index in [9.17, 15) is 9.67 Å². The lowest BCUT2D eigenvalue weighted by atomic mass is 9.80. The van der Waals surface area contributed by atoms with E-state index in [1.54, 1.807) is 13.8 Å². The zero-order chi connectivity index (χ0) is 17.2. The molecule has 1 saturated heterocycles. The first-order chi connectivity index (χ1) is 9.98. The first-order valence-electron chi connectivity index (χ1n) is 8.03. The first-order valence-corrected chi connectivity index (χ1v) is 9.57. The van der Waals surface area contributed by atoms with E-state index in [4.69, 9.17) is 13.9 Å². The Morgan fingerprint density at radius 3 is 1.68 bits per heavy atom. The topological polar surface area (TPSA) is 68.2 Å². The van der Waals surface area contributed by atoms with Crippen LogP contribution in [-0.4, -0.2) is 46.4 Å². The molecule has 1 fully saturated rings. The van der Waals surface area contributed by atoms with E-state index >= 15 is 0 Å². The van der Waals surface area contributed by atoms with Crippen LogP contribution >= 0.6 is 7.60 Å². The van der Waals surface area contributed by atoms with Crippen LogP contribution in [0.1, 0.15) is 61.3 Å². The molecule has 7 heteroatoms. The summed E-state index contributed by atoms with van der Waals surface area (Å²) in [5, 5.41) is 11.6. The normalized spacial score (nSPS) is 24.4. The van der Waals surface area contributed by atoms with Crippen molar-refractivity contribution in [2.24, 2.45) is 0 Å². The molecule has 1 rings (SSSR count). The van der Waals surface area contributed by atoms with Gasteiger partial charge in [0.25, 0.3) is 0 Å². The van der Waals surface area contributed by atoms with Gasteiger partial charge in [-0.3, -0.25) is 9.40 Å². The highest BCUT2D eigenvalue weighted by atomic mass is 31.2. The van der Waals surface area contributed by atoms with Crippen LogP contribution in [0, 0.1) is 0 Å². The van der Waals surface area contributed by atoms with Crippen molar-refractivity contribution in [1.29, 1.82) is 0 Å². The Hall–Kier alpha value is 0.0300. The quantitative estimate of drug-likeness (QED) is 0.717. The molecule has 0 bridgehead atoms. The molecular formula is C15H32NO5P. The lowest BCUT2D eigenvalue weighted by Crippen LogP contribution is -2.65. The fourth-order valence-electron chi connectivity index (χ4n) is 3.70. The van der Waals surface area contributed by atoms with E-state index in [1.807, 2.05) is 39.7 Å². The van der Waals surface area contributed by atoms with Crippen molar-refractivity contribution in [2.75, 3.05) is 19.8 Å². The van der Waals surface area contributed by atoms with Gasteiger partial charge in [-0.1, -0.05) is 0 Å². The van der Waals surface area contributed by atoms with Crippen LogP contribution in [0.15, 0.2) is 0 Å². The Kier molecular flexibility index (Phi) is 6.27. The third-order valence-corrected chi connectivity index (χ3v) is 6.43. The number of hydrogen-bond acceptors (Lipinski definition) is 6. The van der Waals surface area contributed by atoms with Crippen LogP contribution in [0.3, 0.4) is 0 Å². The second kappa shape index (κ2) is 6.88. The average molecular weight is 337 g/mol. The van der Waals surface area contributed by atoms with Gasteiger partial charge in [0.05, 0.1) is 19.8 Å². The van der Waals surface area contributed by atoms with Crippen LogP contribution in [0.4, 0.5) is 0 Å². The molecule has 1 aliphatic rings. The number of piperidine rings is 1. The number of aliphatic hydroxyl groups is 1. The summed E-state index contributed by atoms with van der Waals surface area (Å²) in [4.78, 5) is 5.79. The zero-order valence-corrected chi connectivity index (χ0v) is 15.9. The number of rotatable bonds is 7. The minimum atomic E-state index is -3.64. The molecule has 0 atom stereocenters. The molecule has 6 nitrogen and oxygen atoms in total. The Bertz CT molecular complexity index is 396. The standard InChI is InChI=1S/C15H32NO5P/c1-8-19-16-13(4,5)11-15(17,12-14(16,6)7)22(18,20-9-2)21-10-3/h17H,8-12H2,1-7H3. The van der Waals surface area contributed by atoms with E-state index in [0.29, 0.717) is 6.61 Å². The lowest BCUT2D eigenvalue weighted by molar-refractivity contribution is -0.295. The molecule has 0 aromatic rings. The van der Waals surface area contributed by atoms with Gasteiger partial charge in [0.15, 0.2) is 5.34 Å². The monoisotopic (exact) mass is 337 g/mol. The van der Waals surface area contributed by atoms with Crippen LogP contribution in [0.5, 0.6) is 0 Å². The third-order valence-electron chi connectivity index (χ3n) is 3.90. The maximum atomic E-state index is 13.2. The predicted octanol–water partition coefficient (Wildman–Crippen LogP) is 3.55. The molecule has 0 aromatic carbocycles. The maximum Gasteiger partial charge on any atom is 0.362 e. The van der Waals surface area contributed by atoms with Crippen LogP contribution in [-0.2, 0) is 18.5 Å². The highest BCUT2D eigenvalue weighted by Crippen LogP contribution is 2.66. The van der Waals surface area contributed by atoms with Gasteiger partial charge in [-0.2, -0.15) is 5.06 Å². The molecule has 0 radical (unpaired) electrons. The third kappa shape index (κ3) is 3.74. The van der Waals surface area contributed by atoms with E-state index in [0.717, 1.165) is 0 Å². The molecule has 0 unspecified atom stereocenters. The lowest BCUT2D eigenvalue weighted by Gasteiger charge is -2.56. The Morgan fingerprint density at radius 2 is 1.36 bits per heavy atom. The summed E-state index contributed by atoms with van der Waals surface area (Å²) in [5.41, 5.74) is -1.01. The Labute approximate surface area is 134 Å². The van der Waals surface area contributed by atoms with E-state index in [1.165, 1.54) is 0 Å². The second-order valence-corrected chi connectivity index (χ2v) is 9.35. The summed E-state index contributed by atoms with van der Waals surface area (Å²) in [6.07, 6.45) is 0.501. The minimum Gasteiger partial charge on any atom is -0.377 e. The van der Waals surface area contributed by atoms with Crippen LogP contribution in [0.25, 0.3) is 0 Å².